The molecular formula is C63H72FN11O8S. The molecule has 7 fully saturated rings. The van der Waals surface area contributed by atoms with Crippen molar-refractivity contribution in [2.75, 3.05) is 51.3 Å². The lowest BCUT2D eigenvalue weighted by Gasteiger charge is -2.38. The number of aromatic hydroxyl groups is 1. The fourth-order valence-corrected chi connectivity index (χ4v) is 14.6. The molecule has 0 radical (unpaired) electrons. The van der Waals surface area contributed by atoms with E-state index in [9.17, 15) is 19.5 Å². The zero-order valence-electron chi connectivity index (χ0n) is 48.3. The van der Waals surface area contributed by atoms with Crippen LogP contribution in [-0.4, -0.2) is 151 Å². The third-order valence-electron chi connectivity index (χ3n) is 18.7. The molecule has 4 aromatic heterocycles. The summed E-state index contributed by atoms with van der Waals surface area (Å²) in [6.45, 7) is 12.7. The molecule has 1 saturated carbocycles. The van der Waals surface area contributed by atoms with Crippen LogP contribution in [0.25, 0.3) is 43.4 Å². The van der Waals surface area contributed by atoms with Gasteiger partial charge in [-0.25, -0.2) is 14.2 Å². The number of carbonyl (C=O) groups excluding carboxylic acids is 3. The Labute approximate surface area is 491 Å². The number of nitrogens with zero attached hydrogens (tertiary/aromatic N) is 9. The Hall–Kier alpha value is -7.49. The minimum absolute atomic E-state index is 0.0219. The minimum Gasteiger partial charge on any atom is -0.508 e. The average molecular weight is 1160 g/mol. The molecule has 1 aliphatic carbocycles. The maximum absolute atomic E-state index is 17.3. The fraction of sp³-hybridized carbons (Fsp3) is 0.492. The number of aryl methyl sites for hydroxylation is 2. The van der Waals surface area contributed by atoms with E-state index in [2.05, 4.69) is 37.5 Å². The number of piperazine rings is 1. The number of pyridine rings is 1. The number of anilines is 1. The number of halogens is 1. The quantitative estimate of drug-likeness (QED) is 0.0822. The predicted octanol–water partition coefficient (Wildman–Crippen LogP) is 9.49. The number of fused-ring (bicyclic) bond motifs is 6. The first-order chi connectivity index (χ1) is 40.6. The molecule has 440 valence electrons. The molecule has 10 heterocycles. The van der Waals surface area contributed by atoms with Crippen molar-refractivity contribution in [1.29, 1.82) is 0 Å². The lowest BCUT2D eigenvalue weighted by molar-refractivity contribution is -0.141. The molecule has 3 aromatic carbocycles. The molecule has 6 aliphatic heterocycles. The number of amides is 3. The molecule has 7 aliphatic rings. The van der Waals surface area contributed by atoms with Gasteiger partial charge in [0.2, 0.25) is 11.8 Å². The van der Waals surface area contributed by atoms with Crippen molar-refractivity contribution in [3.63, 3.8) is 0 Å². The number of nitrogens with one attached hydrogen (secondary N) is 2. The zero-order chi connectivity index (χ0) is 58.1. The molecule has 14 rings (SSSR count). The van der Waals surface area contributed by atoms with Gasteiger partial charge in [-0.15, -0.1) is 11.3 Å². The molecule has 6 saturated heterocycles. The summed E-state index contributed by atoms with van der Waals surface area (Å²) in [6.07, 6.45) is 7.98. The van der Waals surface area contributed by atoms with E-state index in [1.807, 2.05) is 82.7 Å². The Bertz CT molecular complexity index is 3650. The number of likely N-dealkylation sites (tertiary alicyclic amines) is 3. The number of thiazole rings is 1. The zero-order valence-corrected chi connectivity index (χ0v) is 49.2. The number of phenols is 1. The van der Waals surface area contributed by atoms with Crippen molar-refractivity contribution in [1.82, 2.24) is 50.4 Å². The van der Waals surface area contributed by atoms with Gasteiger partial charge in [0.1, 0.15) is 53.6 Å². The van der Waals surface area contributed by atoms with E-state index in [-0.39, 0.29) is 95.1 Å². The first-order valence-electron chi connectivity index (χ1n) is 29.8. The van der Waals surface area contributed by atoms with Gasteiger partial charge < -0.3 is 49.2 Å². The van der Waals surface area contributed by atoms with Crippen LogP contribution < -0.4 is 25.0 Å². The second-order valence-corrected chi connectivity index (χ2v) is 25.1. The molecule has 1 spiro atoms. The molecule has 21 heteroatoms. The maximum Gasteiger partial charge on any atom is 0.410 e. The van der Waals surface area contributed by atoms with Crippen LogP contribution in [0.5, 0.6) is 17.6 Å². The number of rotatable bonds is 16. The smallest absolute Gasteiger partial charge is 0.410 e. The number of carbonyl (C=O) groups is 3. The van der Waals surface area contributed by atoms with Gasteiger partial charge >= 0.3 is 12.1 Å². The van der Waals surface area contributed by atoms with Crippen LogP contribution in [0.2, 0.25) is 0 Å². The van der Waals surface area contributed by atoms with Gasteiger partial charge in [0.15, 0.2) is 11.6 Å². The topological polar surface area (TPSA) is 214 Å². The summed E-state index contributed by atoms with van der Waals surface area (Å²) < 4.78 is 41.9. The van der Waals surface area contributed by atoms with Gasteiger partial charge in [-0.05, 0) is 123 Å². The van der Waals surface area contributed by atoms with E-state index in [4.69, 9.17) is 33.7 Å². The van der Waals surface area contributed by atoms with Gasteiger partial charge in [0.25, 0.3) is 5.88 Å². The Balaban J connectivity index is 0.620. The van der Waals surface area contributed by atoms with Crippen LogP contribution in [0.3, 0.4) is 0 Å². The monoisotopic (exact) mass is 1160 g/mol. The van der Waals surface area contributed by atoms with E-state index in [1.165, 1.54) is 0 Å². The van der Waals surface area contributed by atoms with E-state index in [0.29, 0.717) is 67.8 Å². The summed E-state index contributed by atoms with van der Waals surface area (Å²) in [5.74, 6) is -0.629. The normalized spacial score (nSPS) is 24.0. The van der Waals surface area contributed by atoms with Gasteiger partial charge in [0, 0.05) is 62.0 Å². The highest BCUT2D eigenvalue weighted by atomic mass is 32.1. The summed E-state index contributed by atoms with van der Waals surface area (Å²) in [6, 6.07) is 18.5. The molecule has 84 heavy (non-hydrogen) atoms. The van der Waals surface area contributed by atoms with Crippen molar-refractivity contribution in [2.45, 2.75) is 146 Å². The number of aromatic nitrogens is 5. The lowest BCUT2D eigenvalue weighted by Crippen LogP contribution is -2.56. The Kier molecular flexibility index (Phi) is 14.9. The number of ether oxygens (including phenoxy) is 3. The van der Waals surface area contributed by atoms with Crippen LogP contribution in [0.1, 0.15) is 114 Å². The van der Waals surface area contributed by atoms with Crippen molar-refractivity contribution in [3.8, 4) is 39.3 Å². The van der Waals surface area contributed by atoms with Crippen molar-refractivity contribution in [2.24, 2.45) is 5.92 Å². The van der Waals surface area contributed by atoms with Crippen LogP contribution >= 0.6 is 11.3 Å². The third-order valence-corrected chi connectivity index (χ3v) is 19.7. The van der Waals surface area contributed by atoms with Crippen LogP contribution in [0.15, 0.2) is 76.9 Å². The summed E-state index contributed by atoms with van der Waals surface area (Å²) in [5, 5.41) is 24.0. The maximum atomic E-state index is 17.3. The lowest BCUT2D eigenvalue weighted by atomic mass is 9.91. The molecule has 19 nitrogen and oxygen atoms in total. The molecule has 2 bridgehead atoms. The third kappa shape index (κ3) is 10.3. The summed E-state index contributed by atoms with van der Waals surface area (Å²) in [5.41, 5.74) is 6.27. The van der Waals surface area contributed by atoms with Gasteiger partial charge in [-0.1, -0.05) is 63.2 Å². The average Bonchev–Trinajstić information content (AvgIpc) is 2.33. The molecule has 7 aromatic rings. The molecule has 3 amide bonds. The second kappa shape index (κ2) is 22.5. The highest BCUT2D eigenvalue weighted by Crippen LogP contribution is 2.53. The summed E-state index contributed by atoms with van der Waals surface area (Å²) in [4.78, 5) is 69.5. The van der Waals surface area contributed by atoms with Gasteiger partial charge in [-0.3, -0.25) is 19.5 Å². The predicted molar refractivity (Wildman–Crippen MR) is 316 cm³/mol. The summed E-state index contributed by atoms with van der Waals surface area (Å²) in [7, 11) is 2.04. The van der Waals surface area contributed by atoms with Crippen LogP contribution in [0, 0.1) is 18.7 Å². The Morgan fingerprint density at radius 1 is 1.00 bits per heavy atom. The largest absolute Gasteiger partial charge is 0.508 e. The molecule has 3 N–H and O–H groups in total. The number of hydrogen-bond donors (Lipinski definition) is 3. The van der Waals surface area contributed by atoms with E-state index >= 15 is 4.39 Å². The van der Waals surface area contributed by atoms with Crippen molar-refractivity contribution < 1.29 is 42.6 Å². The van der Waals surface area contributed by atoms with E-state index < -0.39 is 23.9 Å². The highest BCUT2D eigenvalue weighted by molar-refractivity contribution is 7.13. The van der Waals surface area contributed by atoms with Gasteiger partial charge in [0.05, 0.1) is 46.1 Å². The number of phenolic OH excluding ortho intramolecular Hbond substituents is 1. The van der Waals surface area contributed by atoms with Crippen LogP contribution in [0.4, 0.5) is 15.0 Å². The standard InChI is InChI=1S/C63H72FN11O8S/c1-7-37-11-8-12-40-23-44(76)24-46(53(37)40)55-54(64)56-47(28-66-55)58(75-29-41-13-9-14-42(75)27-65-41)70-61(69-56)80-32-43-20-21-63(72(43)6)26-50(63)82-62(79)73-30-45(31-73)81-51-25-49(83-71-51)52(34(2)3)60(78)74-22-10-15-48(74)59(77)68-35(4)38-16-18-39(19-17-38)57-36(5)67-33-84-57/h8,11-12,16-19,23-25,28,33-35,41-43,45,48,50,52,65,76H,7,9-10,13-15,20-22,26-27,29-32H2,1-6H3,(H,68,77)/t35-,41?,42?,43?,48-,50?,52-,63?/m0/s1. The van der Waals surface area contributed by atoms with Crippen LogP contribution in [-0.2, 0) is 20.7 Å². The van der Waals surface area contributed by atoms with E-state index in [1.54, 1.807) is 45.5 Å². The Morgan fingerprint density at radius 3 is 2.62 bits per heavy atom. The number of benzene rings is 3. The SMILES string of the molecule is CCc1cccc2cc(O)cc(-c3ncc4c(N5CC6CCCC5CN6)nc(OCC5CCC6(CC6OC(=O)N6CC(Oc7cc([C@@H](C(=O)N8CCC[C@H]8C(=O)N[C@@H](C)c8ccc(-c9scnc9C)cc8)C(C)C)on7)C6)N5C)nc4c3F)c12. The minimum atomic E-state index is -0.686. The fourth-order valence-electron chi connectivity index (χ4n) is 13.8. The van der Waals surface area contributed by atoms with Crippen molar-refractivity contribution in [3.05, 3.63) is 101 Å². The number of hydrogen-bond acceptors (Lipinski definition) is 17. The Morgan fingerprint density at radius 2 is 1.83 bits per heavy atom. The van der Waals surface area contributed by atoms with Gasteiger partial charge in [-0.2, -0.15) is 9.97 Å². The van der Waals surface area contributed by atoms with Crippen molar-refractivity contribution >= 4 is 56.7 Å². The second-order valence-electron chi connectivity index (χ2n) is 24.3. The molecular weight excluding hydrogens is 1090 g/mol. The summed E-state index contributed by atoms with van der Waals surface area (Å²) >= 11 is 1.60. The molecule has 5 unspecified atom stereocenters. The number of likely N-dealkylation sites (N-methyl/N-ethyl adjacent to an activating group) is 1. The first-order valence-corrected chi connectivity index (χ1v) is 30.7. The highest BCUT2D eigenvalue weighted by Gasteiger charge is 2.64. The first kappa shape index (κ1) is 55.7. The molecule has 8 atom stereocenters. The van der Waals surface area contributed by atoms with E-state index in [0.717, 1.165) is 83.2 Å².